The first kappa shape index (κ1) is 17.5. The molecule has 0 spiro atoms. The number of ether oxygens (including phenoxy) is 1. The van der Waals surface area contributed by atoms with Crippen molar-refractivity contribution in [1.29, 1.82) is 0 Å². The topological polar surface area (TPSA) is 84.2 Å². The van der Waals surface area contributed by atoms with E-state index in [9.17, 15) is 4.79 Å². The number of nitrogens with one attached hydrogen (secondary N) is 1. The summed E-state index contributed by atoms with van der Waals surface area (Å²) in [5, 5.41) is 0.904. The van der Waals surface area contributed by atoms with Crippen LogP contribution in [0, 0.1) is 6.92 Å². The van der Waals surface area contributed by atoms with E-state index in [1.165, 1.54) is 0 Å². The third-order valence-corrected chi connectivity index (χ3v) is 5.49. The van der Waals surface area contributed by atoms with E-state index < -0.39 is 0 Å². The van der Waals surface area contributed by atoms with Crippen molar-refractivity contribution < 1.29 is 13.9 Å². The molecule has 29 heavy (non-hydrogen) atoms. The van der Waals surface area contributed by atoms with Crippen molar-refractivity contribution in [3.63, 3.8) is 0 Å². The minimum atomic E-state index is -0.360. The molecule has 3 aromatic heterocycles. The van der Waals surface area contributed by atoms with Crippen LogP contribution in [0.25, 0.3) is 11.0 Å². The predicted octanol–water partition coefficient (Wildman–Crippen LogP) is 3.66. The Balaban J connectivity index is 1.60. The highest BCUT2D eigenvalue weighted by Gasteiger charge is 2.37. The summed E-state index contributed by atoms with van der Waals surface area (Å²) in [6.45, 7) is 2.46. The van der Waals surface area contributed by atoms with Gasteiger partial charge in [-0.1, -0.05) is 6.07 Å². The fraction of sp³-hybridized carbons (Fsp3) is 0.227. The van der Waals surface area contributed by atoms with Gasteiger partial charge in [0.15, 0.2) is 5.76 Å². The summed E-state index contributed by atoms with van der Waals surface area (Å²) in [6.07, 6.45) is 4.11. The molecule has 0 saturated carbocycles. The average Bonchev–Trinajstić information content (AvgIpc) is 3.37. The summed E-state index contributed by atoms with van der Waals surface area (Å²) < 4.78 is 11.3. The SMILES string of the molecule is COc1ccc2c(C)c(C(=O)N3CCc4[nH]cnc4C3c3ccccn3)oc2c1. The molecule has 5 rings (SSSR count). The van der Waals surface area contributed by atoms with Crippen LogP contribution < -0.4 is 4.74 Å². The summed E-state index contributed by atoms with van der Waals surface area (Å²) in [5.74, 6) is 0.867. The van der Waals surface area contributed by atoms with E-state index in [1.54, 1.807) is 30.6 Å². The zero-order valence-corrected chi connectivity index (χ0v) is 16.2. The molecule has 146 valence electrons. The summed E-state index contributed by atoms with van der Waals surface area (Å²) in [4.78, 5) is 27.6. The van der Waals surface area contributed by atoms with E-state index in [-0.39, 0.29) is 11.9 Å². The molecule has 1 aliphatic heterocycles. The Labute approximate surface area is 167 Å². The maximum Gasteiger partial charge on any atom is 0.290 e. The molecule has 0 fully saturated rings. The molecule has 4 aromatic rings. The van der Waals surface area contributed by atoms with Gasteiger partial charge in [-0.3, -0.25) is 9.78 Å². The Morgan fingerprint density at radius 2 is 2.17 bits per heavy atom. The van der Waals surface area contributed by atoms with E-state index in [0.717, 1.165) is 28.0 Å². The predicted molar refractivity (Wildman–Crippen MR) is 107 cm³/mol. The molecule has 1 aliphatic rings. The van der Waals surface area contributed by atoms with Gasteiger partial charge in [-0.05, 0) is 31.2 Å². The molecule has 1 unspecified atom stereocenters. The summed E-state index contributed by atoms with van der Waals surface area (Å²) >= 11 is 0. The minimum absolute atomic E-state index is 0.165. The first-order valence-corrected chi connectivity index (χ1v) is 9.48. The number of aromatic amines is 1. The van der Waals surface area contributed by atoms with Crippen LogP contribution in [0.2, 0.25) is 0 Å². The number of hydrogen-bond donors (Lipinski definition) is 1. The molecule has 7 heteroatoms. The van der Waals surface area contributed by atoms with E-state index in [4.69, 9.17) is 9.15 Å². The van der Waals surface area contributed by atoms with Gasteiger partial charge >= 0.3 is 0 Å². The maximum absolute atomic E-state index is 13.6. The van der Waals surface area contributed by atoms with Crippen molar-refractivity contribution in [1.82, 2.24) is 19.9 Å². The molecule has 4 heterocycles. The lowest BCUT2D eigenvalue weighted by Gasteiger charge is -2.34. The molecule has 0 saturated heterocycles. The summed E-state index contributed by atoms with van der Waals surface area (Å²) in [5.41, 5.74) is 4.11. The van der Waals surface area contributed by atoms with Gasteiger partial charge in [0.25, 0.3) is 5.91 Å². The number of aromatic nitrogens is 3. The molecule has 1 amide bonds. The van der Waals surface area contributed by atoms with Crippen LogP contribution in [-0.4, -0.2) is 39.4 Å². The molecular formula is C22H20N4O3. The van der Waals surface area contributed by atoms with Gasteiger partial charge in [-0.15, -0.1) is 0 Å². The monoisotopic (exact) mass is 388 g/mol. The number of imidazole rings is 1. The standard InChI is InChI=1S/C22H20N4O3/c1-13-15-7-6-14(28-2)11-18(15)29-21(13)22(27)26-10-8-16-19(25-12-24-16)20(26)17-5-3-4-9-23-17/h3-7,9,11-12,20H,8,10H2,1-2H3,(H,24,25). The molecular weight excluding hydrogens is 368 g/mol. The zero-order chi connectivity index (χ0) is 20.0. The number of nitrogens with zero attached hydrogens (tertiary/aromatic N) is 3. The first-order chi connectivity index (χ1) is 14.2. The van der Waals surface area contributed by atoms with Gasteiger partial charge in [0.1, 0.15) is 17.4 Å². The number of rotatable bonds is 3. The Hall–Kier alpha value is -3.61. The molecule has 1 aromatic carbocycles. The van der Waals surface area contributed by atoms with Gasteiger partial charge in [0.2, 0.25) is 0 Å². The molecule has 0 bridgehead atoms. The Morgan fingerprint density at radius 3 is 2.97 bits per heavy atom. The number of methoxy groups -OCH3 is 1. The minimum Gasteiger partial charge on any atom is -0.497 e. The molecule has 7 nitrogen and oxygen atoms in total. The van der Waals surface area contributed by atoms with Crippen molar-refractivity contribution >= 4 is 16.9 Å². The highest BCUT2D eigenvalue weighted by atomic mass is 16.5. The van der Waals surface area contributed by atoms with Crippen LogP contribution in [0.4, 0.5) is 0 Å². The number of fused-ring (bicyclic) bond motifs is 2. The number of carbonyl (C=O) groups is 1. The van der Waals surface area contributed by atoms with Crippen molar-refractivity contribution in [2.75, 3.05) is 13.7 Å². The van der Waals surface area contributed by atoms with Gasteiger partial charge < -0.3 is 19.0 Å². The van der Waals surface area contributed by atoms with Crippen LogP contribution in [-0.2, 0) is 6.42 Å². The fourth-order valence-electron chi connectivity index (χ4n) is 4.00. The lowest BCUT2D eigenvalue weighted by Crippen LogP contribution is -2.41. The smallest absolute Gasteiger partial charge is 0.290 e. The lowest BCUT2D eigenvalue weighted by atomic mass is 9.98. The molecule has 0 aliphatic carbocycles. The van der Waals surface area contributed by atoms with Crippen molar-refractivity contribution in [3.05, 3.63) is 77.3 Å². The second-order valence-electron chi connectivity index (χ2n) is 7.09. The van der Waals surface area contributed by atoms with E-state index >= 15 is 0 Å². The molecule has 0 radical (unpaired) electrons. The largest absolute Gasteiger partial charge is 0.497 e. The second-order valence-corrected chi connectivity index (χ2v) is 7.09. The van der Waals surface area contributed by atoms with E-state index in [0.29, 0.717) is 30.1 Å². The van der Waals surface area contributed by atoms with Crippen molar-refractivity contribution in [2.45, 2.75) is 19.4 Å². The third kappa shape index (κ3) is 2.77. The number of hydrogen-bond acceptors (Lipinski definition) is 5. The van der Waals surface area contributed by atoms with Gasteiger partial charge in [0, 0.05) is 41.9 Å². The number of aryl methyl sites for hydroxylation is 1. The van der Waals surface area contributed by atoms with Gasteiger partial charge in [0.05, 0.1) is 24.8 Å². The normalized spacial score (nSPS) is 16.1. The van der Waals surface area contributed by atoms with Crippen molar-refractivity contribution in [3.8, 4) is 5.75 Å². The highest BCUT2D eigenvalue weighted by Crippen LogP contribution is 2.35. The zero-order valence-electron chi connectivity index (χ0n) is 16.2. The number of H-pyrrole nitrogens is 1. The second kappa shape index (κ2) is 6.77. The molecule has 1 atom stereocenters. The number of benzene rings is 1. The number of amides is 1. The molecule has 1 N–H and O–H groups in total. The van der Waals surface area contributed by atoms with E-state index in [1.807, 2.05) is 37.3 Å². The third-order valence-electron chi connectivity index (χ3n) is 5.49. The average molecular weight is 388 g/mol. The van der Waals surface area contributed by atoms with Crippen LogP contribution in [0.15, 0.2) is 53.3 Å². The van der Waals surface area contributed by atoms with Crippen LogP contribution in [0.3, 0.4) is 0 Å². The lowest BCUT2D eigenvalue weighted by molar-refractivity contribution is 0.0656. The maximum atomic E-state index is 13.6. The van der Waals surface area contributed by atoms with Crippen LogP contribution in [0.5, 0.6) is 5.75 Å². The Kier molecular flexibility index (Phi) is 4.08. The summed E-state index contributed by atoms with van der Waals surface area (Å²) in [7, 11) is 1.61. The quantitative estimate of drug-likeness (QED) is 0.579. The van der Waals surface area contributed by atoms with E-state index in [2.05, 4.69) is 15.0 Å². The highest BCUT2D eigenvalue weighted by molar-refractivity contribution is 5.99. The van der Waals surface area contributed by atoms with Gasteiger partial charge in [-0.25, -0.2) is 4.98 Å². The summed E-state index contributed by atoms with van der Waals surface area (Å²) in [6, 6.07) is 10.9. The number of pyridine rings is 1. The number of furan rings is 1. The van der Waals surface area contributed by atoms with Crippen LogP contribution >= 0.6 is 0 Å². The first-order valence-electron chi connectivity index (χ1n) is 9.48. The number of carbonyl (C=O) groups excluding carboxylic acids is 1. The van der Waals surface area contributed by atoms with Crippen LogP contribution in [0.1, 0.15) is 39.2 Å². The Morgan fingerprint density at radius 1 is 1.28 bits per heavy atom. The van der Waals surface area contributed by atoms with Gasteiger partial charge in [-0.2, -0.15) is 0 Å². The Bertz CT molecular complexity index is 1200. The fourth-order valence-corrected chi connectivity index (χ4v) is 4.00. The van der Waals surface area contributed by atoms with Crippen molar-refractivity contribution in [2.24, 2.45) is 0 Å².